The molecule has 0 saturated carbocycles. The zero-order valence-electron chi connectivity index (χ0n) is 15.3. The first kappa shape index (κ1) is 17.7. The topological polar surface area (TPSA) is 110 Å². The maximum Gasteiger partial charge on any atom is 0.303 e. The molecule has 0 radical (unpaired) electrons. The SMILES string of the molecule is CC(=O)O[C@@H](c1nc2ccccc2[nH]1)[C@@H](OC(C)=O)c1nc2ccccc2[nH]1. The van der Waals surface area contributed by atoms with Gasteiger partial charge in [0.15, 0.2) is 11.6 Å². The number of H-pyrrole nitrogens is 2. The minimum atomic E-state index is -0.991. The Morgan fingerprint density at radius 3 is 1.50 bits per heavy atom. The van der Waals surface area contributed by atoms with Gasteiger partial charge in [0.2, 0.25) is 12.2 Å². The molecule has 0 saturated heterocycles. The van der Waals surface area contributed by atoms with E-state index >= 15 is 0 Å². The molecule has 4 rings (SSSR count). The molecule has 0 spiro atoms. The van der Waals surface area contributed by atoms with Gasteiger partial charge in [-0.1, -0.05) is 24.3 Å². The van der Waals surface area contributed by atoms with Crippen molar-refractivity contribution >= 4 is 34.0 Å². The summed E-state index contributed by atoms with van der Waals surface area (Å²) in [5.41, 5.74) is 2.98. The van der Waals surface area contributed by atoms with Gasteiger partial charge in [0, 0.05) is 13.8 Å². The minimum Gasteiger partial charge on any atom is -0.450 e. The number of ether oxygens (including phenoxy) is 2. The third kappa shape index (κ3) is 3.44. The summed E-state index contributed by atoms with van der Waals surface area (Å²) < 4.78 is 11.0. The molecule has 4 aromatic rings. The molecule has 0 fully saturated rings. The van der Waals surface area contributed by atoms with Crippen molar-refractivity contribution in [1.29, 1.82) is 0 Å². The van der Waals surface area contributed by atoms with E-state index in [1.165, 1.54) is 13.8 Å². The fraction of sp³-hybridized carbons (Fsp3) is 0.200. The standard InChI is InChI=1S/C20H18N4O4/c1-11(25)27-17(19-21-13-7-3-4-8-14(13)22-19)18(28-12(2)26)20-23-15-9-5-6-10-16(15)24-20/h3-10,17-18H,1-2H3,(H,21,22)(H,23,24)/t17-,18-/m1/s1. The number of para-hydroxylation sites is 4. The molecule has 0 aliphatic carbocycles. The first-order chi connectivity index (χ1) is 13.5. The van der Waals surface area contributed by atoms with Crippen LogP contribution in [0.5, 0.6) is 0 Å². The van der Waals surface area contributed by atoms with Crippen molar-refractivity contribution in [2.75, 3.05) is 0 Å². The highest BCUT2D eigenvalue weighted by molar-refractivity contribution is 5.76. The van der Waals surface area contributed by atoms with Gasteiger partial charge in [0.05, 0.1) is 22.1 Å². The lowest BCUT2D eigenvalue weighted by Crippen LogP contribution is -2.23. The van der Waals surface area contributed by atoms with Gasteiger partial charge in [-0.2, -0.15) is 0 Å². The summed E-state index contributed by atoms with van der Waals surface area (Å²) in [7, 11) is 0. The summed E-state index contributed by atoms with van der Waals surface area (Å²) in [6.45, 7) is 2.58. The van der Waals surface area contributed by atoms with Gasteiger partial charge in [-0.3, -0.25) is 9.59 Å². The van der Waals surface area contributed by atoms with E-state index in [0.29, 0.717) is 22.7 Å². The number of carbonyl (C=O) groups is 2. The number of carbonyl (C=O) groups excluding carboxylic acids is 2. The Hall–Kier alpha value is -3.68. The summed E-state index contributed by atoms with van der Waals surface area (Å²) >= 11 is 0. The van der Waals surface area contributed by atoms with E-state index in [1.54, 1.807) is 0 Å². The predicted molar refractivity (Wildman–Crippen MR) is 101 cm³/mol. The lowest BCUT2D eigenvalue weighted by atomic mass is 10.1. The zero-order chi connectivity index (χ0) is 19.7. The van der Waals surface area contributed by atoms with Crippen molar-refractivity contribution < 1.29 is 19.1 Å². The van der Waals surface area contributed by atoms with Crippen molar-refractivity contribution in [2.45, 2.75) is 26.1 Å². The molecule has 2 aromatic heterocycles. The maximum absolute atomic E-state index is 11.8. The molecule has 8 nitrogen and oxygen atoms in total. The molecule has 2 N–H and O–H groups in total. The van der Waals surface area contributed by atoms with E-state index in [-0.39, 0.29) is 0 Å². The number of rotatable bonds is 5. The number of benzene rings is 2. The minimum absolute atomic E-state index is 0.364. The van der Waals surface area contributed by atoms with E-state index in [0.717, 1.165) is 11.0 Å². The smallest absolute Gasteiger partial charge is 0.303 e. The highest BCUT2D eigenvalue weighted by atomic mass is 16.6. The molecule has 0 aliphatic heterocycles. The highest BCUT2D eigenvalue weighted by Crippen LogP contribution is 2.34. The summed E-state index contributed by atoms with van der Waals surface area (Å²) in [4.78, 5) is 38.9. The maximum atomic E-state index is 11.8. The molecule has 28 heavy (non-hydrogen) atoms. The molecule has 2 atom stereocenters. The normalized spacial score (nSPS) is 13.4. The van der Waals surface area contributed by atoms with Crippen LogP contribution in [0.25, 0.3) is 22.1 Å². The van der Waals surface area contributed by atoms with Crippen molar-refractivity contribution in [3.8, 4) is 0 Å². The van der Waals surface area contributed by atoms with Gasteiger partial charge in [-0.25, -0.2) is 9.97 Å². The van der Waals surface area contributed by atoms with Crippen LogP contribution in [0.4, 0.5) is 0 Å². The second-order valence-corrected chi connectivity index (χ2v) is 6.34. The van der Waals surface area contributed by atoms with Gasteiger partial charge < -0.3 is 19.4 Å². The Labute approximate surface area is 159 Å². The second kappa shape index (κ2) is 7.15. The van der Waals surface area contributed by atoms with Crippen LogP contribution < -0.4 is 0 Å². The Bertz CT molecular complexity index is 1010. The molecule has 0 bridgehead atoms. The highest BCUT2D eigenvalue weighted by Gasteiger charge is 2.35. The van der Waals surface area contributed by atoms with Gasteiger partial charge >= 0.3 is 11.9 Å². The van der Waals surface area contributed by atoms with Crippen LogP contribution in [0, 0.1) is 0 Å². The Morgan fingerprint density at radius 2 is 1.14 bits per heavy atom. The zero-order valence-corrected chi connectivity index (χ0v) is 15.3. The summed E-state index contributed by atoms with van der Waals surface area (Å²) in [6.07, 6.45) is -1.98. The molecule has 8 heteroatoms. The molecular weight excluding hydrogens is 360 g/mol. The van der Waals surface area contributed by atoms with Gasteiger partial charge in [-0.05, 0) is 24.3 Å². The number of nitrogens with one attached hydrogen (secondary N) is 2. The molecule has 0 aliphatic rings. The molecular formula is C20H18N4O4. The fourth-order valence-corrected chi connectivity index (χ4v) is 3.09. The third-order valence-corrected chi connectivity index (χ3v) is 4.22. The Kier molecular flexibility index (Phi) is 4.52. The average Bonchev–Trinajstić information content (AvgIpc) is 3.27. The van der Waals surface area contributed by atoms with E-state index in [9.17, 15) is 9.59 Å². The van der Waals surface area contributed by atoms with Crippen LogP contribution in [0.3, 0.4) is 0 Å². The average molecular weight is 378 g/mol. The monoisotopic (exact) mass is 378 g/mol. The van der Waals surface area contributed by atoms with E-state index < -0.39 is 24.1 Å². The number of imidazole rings is 2. The van der Waals surface area contributed by atoms with Crippen LogP contribution in [-0.4, -0.2) is 31.9 Å². The summed E-state index contributed by atoms with van der Waals surface area (Å²) in [5.74, 6) is -0.330. The van der Waals surface area contributed by atoms with E-state index in [4.69, 9.17) is 9.47 Å². The Morgan fingerprint density at radius 1 is 0.750 bits per heavy atom. The van der Waals surface area contributed by atoms with Gasteiger partial charge in [0.1, 0.15) is 0 Å². The van der Waals surface area contributed by atoms with Gasteiger partial charge in [0.25, 0.3) is 0 Å². The largest absolute Gasteiger partial charge is 0.450 e. The van der Waals surface area contributed by atoms with Crippen LogP contribution in [0.1, 0.15) is 37.7 Å². The molecule has 2 aromatic carbocycles. The predicted octanol–water partition coefficient (Wildman–Crippen LogP) is 3.35. The molecule has 0 unspecified atom stereocenters. The first-order valence-electron chi connectivity index (χ1n) is 8.75. The number of nitrogens with zero attached hydrogens (tertiary/aromatic N) is 2. The van der Waals surface area contributed by atoms with E-state index in [2.05, 4.69) is 19.9 Å². The van der Waals surface area contributed by atoms with Gasteiger partial charge in [-0.15, -0.1) is 0 Å². The van der Waals surface area contributed by atoms with Crippen molar-refractivity contribution in [2.24, 2.45) is 0 Å². The quantitative estimate of drug-likeness (QED) is 0.515. The van der Waals surface area contributed by atoms with Crippen LogP contribution >= 0.6 is 0 Å². The fourth-order valence-electron chi connectivity index (χ4n) is 3.09. The van der Waals surface area contributed by atoms with Crippen molar-refractivity contribution in [3.05, 3.63) is 60.2 Å². The molecule has 0 amide bonds. The lowest BCUT2D eigenvalue weighted by Gasteiger charge is -2.23. The number of hydrogen-bond donors (Lipinski definition) is 2. The third-order valence-electron chi connectivity index (χ3n) is 4.22. The van der Waals surface area contributed by atoms with E-state index in [1.807, 2.05) is 48.5 Å². The van der Waals surface area contributed by atoms with Crippen LogP contribution in [0.2, 0.25) is 0 Å². The number of hydrogen-bond acceptors (Lipinski definition) is 6. The lowest BCUT2D eigenvalue weighted by molar-refractivity contribution is -0.168. The number of aromatic nitrogens is 4. The summed E-state index contributed by atoms with van der Waals surface area (Å²) in [5, 5.41) is 0. The first-order valence-corrected chi connectivity index (χ1v) is 8.75. The van der Waals surface area contributed by atoms with Crippen molar-refractivity contribution in [1.82, 2.24) is 19.9 Å². The van der Waals surface area contributed by atoms with Crippen molar-refractivity contribution in [3.63, 3.8) is 0 Å². The number of esters is 2. The Balaban J connectivity index is 1.83. The molecule has 2 heterocycles. The summed E-state index contributed by atoms with van der Waals surface area (Å²) in [6, 6.07) is 14.8. The molecule has 142 valence electrons. The number of fused-ring (bicyclic) bond motifs is 2. The van der Waals surface area contributed by atoms with Crippen LogP contribution in [-0.2, 0) is 19.1 Å². The second-order valence-electron chi connectivity index (χ2n) is 6.34. The number of aromatic amines is 2. The van der Waals surface area contributed by atoms with Crippen LogP contribution in [0.15, 0.2) is 48.5 Å².